The molecule has 2 bridgehead atoms. The van der Waals surface area contributed by atoms with Crippen LogP contribution >= 0.6 is 0 Å². The predicted octanol–water partition coefficient (Wildman–Crippen LogP) is 1.86. The number of aliphatic carboxylic acids is 1. The van der Waals surface area contributed by atoms with E-state index in [2.05, 4.69) is 5.32 Å². The molecule has 2 N–H and O–H groups in total. The molecule has 3 rings (SSSR count). The zero-order valence-electron chi connectivity index (χ0n) is 16.2. The van der Waals surface area contributed by atoms with Gasteiger partial charge in [-0.3, -0.25) is 9.59 Å². The summed E-state index contributed by atoms with van der Waals surface area (Å²) in [7, 11) is 0. The molecule has 0 aliphatic carbocycles. The van der Waals surface area contributed by atoms with Gasteiger partial charge in [0.25, 0.3) is 0 Å². The first-order valence-electron chi connectivity index (χ1n) is 9.54. The SMILES string of the molecule is CCOC(=O)c1cc(NC(=O)[C@H]2[C@@H](C(=O)O)[C@H]3CC[C@H]2O3)cc(C(=O)OCC)c1. The molecule has 2 saturated heterocycles. The predicted molar refractivity (Wildman–Crippen MR) is 99.5 cm³/mol. The highest BCUT2D eigenvalue weighted by molar-refractivity contribution is 6.01. The van der Waals surface area contributed by atoms with Gasteiger partial charge >= 0.3 is 17.9 Å². The number of carboxylic acid groups (broad SMARTS) is 1. The Labute approximate surface area is 167 Å². The topological polar surface area (TPSA) is 128 Å². The number of rotatable bonds is 7. The maximum Gasteiger partial charge on any atom is 0.338 e. The van der Waals surface area contributed by atoms with Crippen LogP contribution in [0.25, 0.3) is 0 Å². The number of anilines is 1. The van der Waals surface area contributed by atoms with E-state index in [1.165, 1.54) is 18.2 Å². The number of ether oxygens (including phenoxy) is 3. The number of hydrogen-bond donors (Lipinski definition) is 2. The van der Waals surface area contributed by atoms with E-state index in [0.717, 1.165) is 0 Å². The van der Waals surface area contributed by atoms with Gasteiger partial charge in [0, 0.05) is 5.69 Å². The number of benzene rings is 1. The number of fused-ring (bicyclic) bond motifs is 2. The fourth-order valence-corrected chi connectivity index (χ4v) is 3.91. The van der Waals surface area contributed by atoms with Gasteiger partial charge in [-0.15, -0.1) is 0 Å². The van der Waals surface area contributed by atoms with Crippen molar-refractivity contribution in [3.63, 3.8) is 0 Å². The standard InChI is InChI=1S/C20H23NO8/c1-3-27-19(25)10-7-11(20(26)28-4-2)9-12(8-10)21-17(22)15-13-5-6-14(29-13)16(15)18(23)24/h7-9,13-16H,3-6H2,1-2H3,(H,21,22)(H,23,24)/t13-,14-,15-,16+/m1/s1. The van der Waals surface area contributed by atoms with Crippen molar-refractivity contribution in [3.05, 3.63) is 29.3 Å². The first kappa shape index (κ1) is 20.8. The highest BCUT2D eigenvalue weighted by Crippen LogP contribution is 2.44. The number of carbonyl (C=O) groups is 4. The van der Waals surface area contributed by atoms with Crippen LogP contribution in [0.5, 0.6) is 0 Å². The van der Waals surface area contributed by atoms with Gasteiger partial charge in [0.1, 0.15) is 0 Å². The lowest BCUT2D eigenvalue weighted by Crippen LogP contribution is -2.41. The molecular weight excluding hydrogens is 382 g/mol. The highest BCUT2D eigenvalue weighted by atomic mass is 16.5. The van der Waals surface area contributed by atoms with Crippen LogP contribution in [0.2, 0.25) is 0 Å². The van der Waals surface area contributed by atoms with E-state index < -0.39 is 47.9 Å². The largest absolute Gasteiger partial charge is 0.481 e. The van der Waals surface area contributed by atoms with Crippen molar-refractivity contribution in [1.82, 2.24) is 0 Å². The Morgan fingerprint density at radius 1 is 0.966 bits per heavy atom. The molecule has 1 aromatic rings. The highest BCUT2D eigenvalue weighted by Gasteiger charge is 2.55. The maximum absolute atomic E-state index is 12.8. The summed E-state index contributed by atoms with van der Waals surface area (Å²) in [5.41, 5.74) is 0.328. The molecule has 156 valence electrons. The number of esters is 2. The third-order valence-corrected chi connectivity index (χ3v) is 5.08. The minimum atomic E-state index is -1.08. The van der Waals surface area contributed by atoms with Crippen molar-refractivity contribution < 1.29 is 38.5 Å². The van der Waals surface area contributed by atoms with E-state index in [1.54, 1.807) is 13.8 Å². The normalized spacial score (nSPS) is 24.8. The van der Waals surface area contributed by atoms with Crippen LogP contribution in [0, 0.1) is 11.8 Å². The lowest BCUT2D eigenvalue weighted by molar-refractivity contribution is -0.147. The average Bonchev–Trinajstić information content (AvgIpc) is 3.29. The minimum absolute atomic E-state index is 0.0756. The third kappa shape index (κ3) is 4.24. The van der Waals surface area contributed by atoms with Crippen molar-refractivity contribution in [2.24, 2.45) is 11.8 Å². The van der Waals surface area contributed by atoms with Gasteiger partial charge in [-0.05, 0) is 44.9 Å². The Morgan fingerprint density at radius 3 is 1.97 bits per heavy atom. The average molecular weight is 405 g/mol. The number of hydrogen-bond acceptors (Lipinski definition) is 7. The van der Waals surface area contributed by atoms with Crippen LogP contribution in [-0.2, 0) is 23.8 Å². The van der Waals surface area contributed by atoms with Crippen molar-refractivity contribution in [3.8, 4) is 0 Å². The third-order valence-electron chi connectivity index (χ3n) is 5.08. The molecule has 1 aromatic carbocycles. The number of carboxylic acids is 1. The summed E-state index contributed by atoms with van der Waals surface area (Å²) in [6.45, 7) is 3.59. The van der Waals surface area contributed by atoms with Crippen LogP contribution in [0.1, 0.15) is 47.4 Å². The second-order valence-corrected chi connectivity index (χ2v) is 6.91. The molecule has 2 fully saturated rings. The second-order valence-electron chi connectivity index (χ2n) is 6.91. The van der Waals surface area contributed by atoms with Crippen molar-refractivity contribution in [1.29, 1.82) is 0 Å². The van der Waals surface area contributed by atoms with Gasteiger partial charge in [-0.25, -0.2) is 9.59 Å². The van der Waals surface area contributed by atoms with Gasteiger partial charge in [0.15, 0.2) is 0 Å². The Hall–Kier alpha value is -2.94. The molecule has 29 heavy (non-hydrogen) atoms. The van der Waals surface area contributed by atoms with E-state index >= 15 is 0 Å². The zero-order valence-corrected chi connectivity index (χ0v) is 16.2. The summed E-state index contributed by atoms with van der Waals surface area (Å²) in [5.74, 6) is -4.68. The fourth-order valence-electron chi connectivity index (χ4n) is 3.91. The van der Waals surface area contributed by atoms with E-state index in [0.29, 0.717) is 12.8 Å². The molecule has 2 aliphatic rings. The summed E-state index contributed by atoms with van der Waals surface area (Å²) in [6.07, 6.45) is 0.285. The number of nitrogens with one attached hydrogen (secondary N) is 1. The molecule has 9 nitrogen and oxygen atoms in total. The second kappa shape index (κ2) is 8.60. The monoisotopic (exact) mass is 405 g/mol. The molecule has 0 saturated carbocycles. The minimum Gasteiger partial charge on any atom is -0.481 e. The van der Waals surface area contributed by atoms with Crippen molar-refractivity contribution in [2.75, 3.05) is 18.5 Å². The first-order chi connectivity index (χ1) is 13.8. The summed E-state index contributed by atoms with van der Waals surface area (Å²) in [4.78, 5) is 48.7. The van der Waals surface area contributed by atoms with Gasteiger partial charge in [-0.1, -0.05) is 0 Å². The Kier molecular flexibility index (Phi) is 6.17. The quantitative estimate of drug-likeness (QED) is 0.658. The van der Waals surface area contributed by atoms with Crippen molar-refractivity contribution >= 4 is 29.5 Å². The van der Waals surface area contributed by atoms with Crippen molar-refractivity contribution in [2.45, 2.75) is 38.9 Å². The molecule has 0 spiro atoms. The summed E-state index contributed by atoms with van der Waals surface area (Å²) >= 11 is 0. The molecule has 1 amide bonds. The molecule has 9 heteroatoms. The fraction of sp³-hybridized carbons (Fsp3) is 0.500. The lowest BCUT2D eigenvalue weighted by Gasteiger charge is -2.24. The maximum atomic E-state index is 12.8. The molecule has 4 atom stereocenters. The van der Waals surface area contributed by atoms with Crippen LogP contribution in [0.3, 0.4) is 0 Å². The van der Waals surface area contributed by atoms with Crippen LogP contribution in [0.15, 0.2) is 18.2 Å². The number of carbonyl (C=O) groups excluding carboxylic acids is 3. The Balaban J connectivity index is 1.87. The van der Waals surface area contributed by atoms with E-state index in [-0.39, 0.29) is 30.0 Å². The molecular formula is C20H23NO8. The van der Waals surface area contributed by atoms with E-state index in [1.807, 2.05) is 0 Å². The van der Waals surface area contributed by atoms with Gasteiger partial charge in [-0.2, -0.15) is 0 Å². The van der Waals surface area contributed by atoms with Gasteiger partial charge in [0.2, 0.25) is 5.91 Å². The van der Waals surface area contributed by atoms with Crippen LogP contribution < -0.4 is 5.32 Å². The lowest BCUT2D eigenvalue weighted by atomic mass is 9.78. The van der Waals surface area contributed by atoms with Gasteiger partial charge in [0.05, 0.1) is 48.4 Å². The summed E-state index contributed by atoms with van der Waals surface area (Å²) < 4.78 is 15.6. The summed E-state index contributed by atoms with van der Waals surface area (Å²) in [5, 5.41) is 12.1. The smallest absolute Gasteiger partial charge is 0.338 e. The van der Waals surface area contributed by atoms with E-state index in [9.17, 15) is 24.3 Å². The van der Waals surface area contributed by atoms with Crippen LogP contribution in [0.4, 0.5) is 5.69 Å². The zero-order chi connectivity index (χ0) is 21.1. The Bertz CT molecular complexity index is 800. The molecule has 2 heterocycles. The molecule has 0 unspecified atom stereocenters. The molecule has 2 aliphatic heterocycles. The molecule has 0 aromatic heterocycles. The molecule has 0 radical (unpaired) electrons. The van der Waals surface area contributed by atoms with E-state index in [4.69, 9.17) is 14.2 Å². The summed E-state index contributed by atoms with van der Waals surface area (Å²) in [6, 6.07) is 4.08. The van der Waals surface area contributed by atoms with Gasteiger partial charge < -0.3 is 24.6 Å². The Morgan fingerprint density at radius 2 is 1.48 bits per heavy atom. The first-order valence-corrected chi connectivity index (χ1v) is 9.54. The van der Waals surface area contributed by atoms with Crippen LogP contribution in [-0.4, -0.2) is 54.3 Å². The number of amides is 1.